The molecule has 1 fully saturated rings. The Morgan fingerprint density at radius 3 is 2.42 bits per heavy atom. The molecule has 0 unspecified atom stereocenters. The number of carbonyl (C=O) groups is 1. The summed E-state index contributed by atoms with van der Waals surface area (Å²) in [6.07, 6.45) is 7.82. The van der Waals surface area contributed by atoms with E-state index >= 15 is 0 Å². The van der Waals surface area contributed by atoms with Crippen LogP contribution in [0.4, 0.5) is 0 Å². The van der Waals surface area contributed by atoms with Crippen molar-refractivity contribution in [3.8, 4) is 11.6 Å². The maximum Gasteiger partial charge on any atom is 0.250 e. The van der Waals surface area contributed by atoms with Crippen molar-refractivity contribution in [2.75, 3.05) is 0 Å². The highest BCUT2D eigenvalue weighted by Gasteiger charge is 2.31. The molecule has 0 aliphatic heterocycles. The molecule has 0 saturated heterocycles. The largest absolute Gasteiger partial charge is 0.438 e. The molecule has 33 heavy (non-hydrogen) atoms. The minimum atomic E-state index is -0.501. The number of benzene rings is 2. The highest BCUT2D eigenvalue weighted by molar-refractivity contribution is 5.92. The van der Waals surface area contributed by atoms with Gasteiger partial charge in [-0.25, -0.2) is 4.98 Å². The molecule has 1 aromatic heterocycles. The van der Waals surface area contributed by atoms with Crippen LogP contribution in [-0.2, 0) is 6.54 Å². The van der Waals surface area contributed by atoms with Crippen LogP contribution in [0.25, 0.3) is 10.8 Å². The van der Waals surface area contributed by atoms with Crippen LogP contribution >= 0.6 is 0 Å². The second kappa shape index (κ2) is 9.92. The Kier molecular flexibility index (Phi) is 6.99. The zero-order valence-electron chi connectivity index (χ0n) is 19.9. The number of nitrogens with two attached hydrogens (primary N) is 1. The third-order valence-electron chi connectivity index (χ3n) is 7.53. The van der Waals surface area contributed by atoms with Gasteiger partial charge in [-0.2, -0.15) is 0 Å². The number of hydrogen-bond acceptors (Lipinski definition) is 4. The molecule has 0 bridgehead atoms. The van der Waals surface area contributed by atoms with Crippen LogP contribution in [0.3, 0.4) is 0 Å². The average Bonchev–Trinajstić information content (AvgIpc) is 2.84. The first-order valence-electron chi connectivity index (χ1n) is 12.0. The van der Waals surface area contributed by atoms with E-state index < -0.39 is 5.91 Å². The molecule has 4 rings (SSSR count). The van der Waals surface area contributed by atoms with Gasteiger partial charge in [0.25, 0.3) is 0 Å². The number of amides is 1. The highest BCUT2D eigenvalue weighted by Crippen LogP contribution is 2.40. The summed E-state index contributed by atoms with van der Waals surface area (Å²) in [6, 6.07) is 16.3. The maximum atomic E-state index is 11.3. The van der Waals surface area contributed by atoms with Crippen LogP contribution < -0.4 is 15.8 Å². The zero-order chi connectivity index (χ0) is 23.4. The van der Waals surface area contributed by atoms with Crippen molar-refractivity contribution in [2.24, 2.45) is 17.1 Å². The summed E-state index contributed by atoms with van der Waals surface area (Å²) in [5.74, 6) is 1.51. The summed E-state index contributed by atoms with van der Waals surface area (Å²) in [4.78, 5) is 15.5. The Morgan fingerprint density at radius 1 is 1.06 bits per heavy atom. The predicted octanol–water partition coefficient (Wildman–Crippen LogP) is 6.21. The van der Waals surface area contributed by atoms with Gasteiger partial charge in [0.1, 0.15) is 5.75 Å². The van der Waals surface area contributed by atoms with Gasteiger partial charge in [-0.3, -0.25) is 4.79 Å². The Labute approximate surface area is 196 Å². The fourth-order valence-electron chi connectivity index (χ4n) is 4.90. The second-order valence-electron chi connectivity index (χ2n) is 9.89. The van der Waals surface area contributed by atoms with E-state index in [2.05, 4.69) is 55.3 Å². The molecule has 5 heteroatoms. The zero-order valence-corrected chi connectivity index (χ0v) is 19.9. The molecule has 0 spiro atoms. The van der Waals surface area contributed by atoms with Gasteiger partial charge < -0.3 is 15.8 Å². The number of rotatable bonds is 8. The van der Waals surface area contributed by atoms with Crippen LogP contribution in [0, 0.1) is 11.3 Å². The van der Waals surface area contributed by atoms with Gasteiger partial charge in [0.2, 0.25) is 11.8 Å². The van der Waals surface area contributed by atoms with E-state index in [9.17, 15) is 4.79 Å². The molecule has 5 nitrogen and oxygen atoms in total. The second-order valence-corrected chi connectivity index (χ2v) is 9.89. The van der Waals surface area contributed by atoms with Gasteiger partial charge in [0.15, 0.2) is 0 Å². The first-order chi connectivity index (χ1) is 15.9. The van der Waals surface area contributed by atoms with Crippen molar-refractivity contribution in [1.29, 1.82) is 0 Å². The fraction of sp³-hybridized carbons (Fsp3) is 0.429. The molecule has 174 valence electrons. The normalized spacial score (nSPS) is 18.9. The number of ether oxygens (including phenoxy) is 1. The lowest BCUT2D eigenvalue weighted by atomic mass is 9.69. The number of fused-ring (bicyclic) bond motifs is 1. The molecule has 2 aromatic carbocycles. The molecule has 1 saturated carbocycles. The first-order valence-corrected chi connectivity index (χ1v) is 12.0. The van der Waals surface area contributed by atoms with Crippen molar-refractivity contribution >= 4 is 16.7 Å². The molecule has 1 amide bonds. The van der Waals surface area contributed by atoms with Gasteiger partial charge in [-0.05, 0) is 60.1 Å². The Bertz CT molecular complexity index is 1100. The van der Waals surface area contributed by atoms with E-state index in [1.54, 1.807) is 12.1 Å². The third-order valence-corrected chi connectivity index (χ3v) is 7.53. The van der Waals surface area contributed by atoms with Crippen molar-refractivity contribution in [3.63, 3.8) is 0 Å². The molecule has 0 radical (unpaired) electrons. The van der Waals surface area contributed by atoms with Crippen molar-refractivity contribution in [3.05, 3.63) is 65.9 Å². The summed E-state index contributed by atoms with van der Waals surface area (Å²) in [6.45, 7) is 8.00. The van der Waals surface area contributed by atoms with Gasteiger partial charge in [0.05, 0.1) is 5.56 Å². The molecule has 1 aliphatic rings. The van der Waals surface area contributed by atoms with Gasteiger partial charge in [-0.15, -0.1) is 0 Å². The lowest BCUT2D eigenvalue weighted by molar-refractivity contribution is 0.1000. The minimum Gasteiger partial charge on any atom is -0.438 e. The van der Waals surface area contributed by atoms with Crippen molar-refractivity contribution in [2.45, 2.75) is 65.5 Å². The van der Waals surface area contributed by atoms with Gasteiger partial charge in [0, 0.05) is 30.2 Å². The van der Waals surface area contributed by atoms with Crippen LogP contribution in [0.15, 0.2) is 54.7 Å². The number of nitrogens with one attached hydrogen (secondary N) is 1. The number of primary amides is 1. The maximum absolute atomic E-state index is 11.3. The number of pyridine rings is 1. The van der Waals surface area contributed by atoms with E-state index in [0.717, 1.165) is 23.6 Å². The number of nitrogens with zero attached hydrogens (tertiary/aromatic N) is 1. The molecule has 1 heterocycles. The number of aromatic nitrogens is 1. The van der Waals surface area contributed by atoms with Crippen LogP contribution in [0.2, 0.25) is 0 Å². The van der Waals surface area contributed by atoms with E-state index in [1.807, 2.05) is 12.1 Å². The van der Waals surface area contributed by atoms with Gasteiger partial charge >= 0.3 is 0 Å². The average molecular weight is 446 g/mol. The molecular weight excluding hydrogens is 410 g/mol. The van der Waals surface area contributed by atoms with E-state index in [1.165, 1.54) is 49.3 Å². The molecule has 1 aliphatic carbocycles. The highest BCUT2D eigenvalue weighted by atomic mass is 16.5. The summed E-state index contributed by atoms with van der Waals surface area (Å²) >= 11 is 0. The first kappa shape index (κ1) is 23.2. The molecule has 0 atom stereocenters. The summed E-state index contributed by atoms with van der Waals surface area (Å²) in [5.41, 5.74) is 7.38. The quantitative estimate of drug-likeness (QED) is 0.432. The van der Waals surface area contributed by atoms with Crippen LogP contribution in [0.1, 0.15) is 68.8 Å². The van der Waals surface area contributed by atoms with Crippen molar-refractivity contribution in [1.82, 2.24) is 10.3 Å². The predicted molar refractivity (Wildman–Crippen MR) is 133 cm³/mol. The summed E-state index contributed by atoms with van der Waals surface area (Å²) < 4.78 is 6.05. The van der Waals surface area contributed by atoms with Crippen LogP contribution in [-0.4, -0.2) is 16.9 Å². The fourth-order valence-corrected chi connectivity index (χ4v) is 4.90. The topological polar surface area (TPSA) is 77.2 Å². The van der Waals surface area contributed by atoms with Gasteiger partial charge in [-0.1, -0.05) is 57.5 Å². The standard InChI is InChI=1S/C28H35N3O2/c1-4-28(2,3)21-11-13-22(14-12-21)30-17-19-9-15-25(24-8-6-5-7-23(19)24)33-26-16-10-20(18-31-26)27(29)32/h5-10,15-16,18,21-22,30H,4,11-14,17H2,1-3H3,(H2,29,32)/t21-,22-. The van der Waals surface area contributed by atoms with E-state index in [0.29, 0.717) is 22.9 Å². The number of hydrogen-bond donors (Lipinski definition) is 2. The number of carbonyl (C=O) groups excluding carboxylic acids is 1. The lowest BCUT2D eigenvalue weighted by Crippen LogP contribution is -2.36. The van der Waals surface area contributed by atoms with E-state index in [-0.39, 0.29) is 0 Å². The Morgan fingerprint density at radius 2 is 1.79 bits per heavy atom. The van der Waals surface area contributed by atoms with Crippen molar-refractivity contribution < 1.29 is 9.53 Å². The SMILES string of the molecule is CCC(C)(C)[C@H]1CC[C@H](NCc2ccc(Oc3ccc(C(N)=O)cn3)c3ccccc23)CC1. The Hall–Kier alpha value is -2.92. The monoisotopic (exact) mass is 445 g/mol. The summed E-state index contributed by atoms with van der Waals surface area (Å²) in [5, 5.41) is 6.03. The third kappa shape index (κ3) is 5.36. The molecule has 3 aromatic rings. The van der Waals surface area contributed by atoms with E-state index in [4.69, 9.17) is 10.5 Å². The smallest absolute Gasteiger partial charge is 0.250 e. The minimum absolute atomic E-state index is 0.362. The lowest BCUT2D eigenvalue weighted by Gasteiger charge is -2.39. The molecular formula is C28H35N3O2. The van der Waals surface area contributed by atoms with Crippen LogP contribution in [0.5, 0.6) is 11.6 Å². The summed E-state index contributed by atoms with van der Waals surface area (Å²) in [7, 11) is 0. The molecule has 3 N–H and O–H groups in total. The Balaban J connectivity index is 1.44.